The van der Waals surface area contributed by atoms with Crippen LogP contribution in [-0.4, -0.2) is 58.5 Å². The first kappa shape index (κ1) is 16.4. The Balaban J connectivity index is 1.46. The molecule has 7 nitrogen and oxygen atoms in total. The first-order chi connectivity index (χ1) is 12.2. The van der Waals surface area contributed by atoms with Gasteiger partial charge in [-0.3, -0.25) is 4.79 Å². The van der Waals surface area contributed by atoms with Gasteiger partial charge in [-0.2, -0.15) is 0 Å². The molecule has 0 spiro atoms. The number of carbonyl (C=O) groups is 1. The van der Waals surface area contributed by atoms with Crippen LogP contribution in [0.25, 0.3) is 11.0 Å². The van der Waals surface area contributed by atoms with Crippen molar-refractivity contribution >= 4 is 34.4 Å². The number of aromatic amines is 1. The maximum absolute atomic E-state index is 12.5. The number of aromatic nitrogens is 2. The van der Waals surface area contributed by atoms with E-state index in [4.69, 9.17) is 0 Å². The van der Waals surface area contributed by atoms with Gasteiger partial charge in [-0.15, -0.1) is 11.8 Å². The van der Waals surface area contributed by atoms with Crippen LogP contribution in [0.1, 0.15) is 6.42 Å². The lowest BCUT2D eigenvalue weighted by Gasteiger charge is -2.26. The van der Waals surface area contributed by atoms with Gasteiger partial charge < -0.3 is 25.6 Å². The third-order valence-electron chi connectivity index (χ3n) is 4.54. The molecular formula is C17H21N5O2S. The molecule has 1 saturated heterocycles. The van der Waals surface area contributed by atoms with E-state index in [2.05, 4.69) is 25.5 Å². The van der Waals surface area contributed by atoms with Crippen LogP contribution in [-0.2, 0) is 4.79 Å². The molecule has 0 unspecified atom stereocenters. The Morgan fingerprint density at radius 1 is 1.48 bits per heavy atom. The average molecular weight is 359 g/mol. The van der Waals surface area contributed by atoms with Crippen LogP contribution in [0.4, 0.5) is 5.69 Å². The largest absolute Gasteiger partial charge is 0.392 e. The number of rotatable bonds is 4. The number of fused-ring (bicyclic) bond motifs is 1. The fraction of sp³-hybridized carbons (Fsp3) is 0.412. The van der Waals surface area contributed by atoms with Gasteiger partial charge in [0.25, 0.3) is 5.91 Å². The second kappa shape index (κ2) is 7.07. The van der Waals surface area contributed by atoms with Gasteiger partial charge in [0.1, 0.15) is 5.65 Å². The summed E-state index contributed by atoms with van der Waals surface area (Å²) in [6.45, 7) is 1.98. The predicted molar refractivity (Wildman–Crippen MR) is 99.4 cm³/mol. The highest BCUT2D eigenvalue weighted by Crippen LogP contribution is 2.30. The Bertz CT molecular complexity index is 805. The molecule has 0 bridgehead atoms. The molecule has 1 fully saturated rings. The molecule has 2 aliphatic heterocycles. The molecule has 0 saturated carbocycles. The topological polar surface area (TPSA) is 93.3 Å². The van der Waals surface area contributed by atoms with Crippen molar-refractivity contribution in [1.29, 1.82) is 0 Å². The highest BCUT2D eigenvalue weighted by molar-refractivity contribution is 8.04. The van der Waals surface area contributed by atoms with Crippen molar-refractivity contribution in [3.63, 3.8) is 0 Å². The Morgan fingerprint density at radius 3 is 3.24 bits per heavy atom. The summed E-state index contributed by atoms with van der Waals surface area (Å²) in [5, 5.41) is 16.8. The van der Waals surface area contributed by atoms with Crippen LogP contribution in [0.5, 0.6) is 0 Å². The number of H-pyrrole nitrogens is 1. The molecule has 4 rings (SSSR count). The van der Waals surface area contributed by atoms with E-state index in [0.29, 0.717) is 24.4 Å². The lowest BCUT2D eigenvalue weighted by atomic mass is 10.2. The number of hydrogen-bond acceptors (Lipinski definition) is 6. The van der Waals surface area contributed by atoms with Crippen LogP contribution < -0.4 is 15.5 Å². The van der Waals surface area contributed by atoms with Gasteiger partial charge in [0.05, 0.1) is 16.7 Å². The molecule has 1 amide bonds. The fourth-order valence-corrected chi connectivity index (χ4v) is 4.18. The quantitative estimate of drug-likeness (QED) is 0.645. The molecule has 2 aromatic rings. The lowest BCUT2D eigenvalue weighted by Crippen LogP contribution is -2.38. The number of aliphatic hydroxyl groups is 1. The van der Waals surface area contributed by atoms with Crippen molar-refractivity contribution in [1.82, 2.24) is 20.6 Å². The summed E-state index contributed by atoms with van der Waals surface area (Å²) in [7, 11) is 0. The summed E-state index contributed by atoms with van der Waals surface area (Å²) in [6, 6.07) is 4.12. The highest BCUT2D eigenvalue weighted by Gasteiger charge is 2.24. The smallest absolute Gasteiger partial charge is 0.259 e. The minimum Gasteiger partial charge on any atom is -0.392 e. The average Bonchev–Trinajstić information content (AvgIpc) is 3.28. The van der Waals surface area contributed by atoms with Crippen LogP contribution in [0.3, 0.4) is 0 Å². The van der Waals surface area contributed by atoms with Crippen molar-refractivity contribution in [2.75, 3.05) is 30.3 Å². The van der Waals surface area contributed by atoms with Crippen LogP contribution >= 0.6 is 11.8 Å². The number of β-amino-alcohol motifs (C(OH)–C–C–N with tert-alkyl or cyclic N) is 1. The summed E-state index contributed by atoms with van der Waals surface area (Å²) < 4.78 is 0. The van der Waals surface area contributed by atoms with Gasteiger partial charge >= 0.3 is 0 Å². The zero-order chi connectivity index (χ0) is 17.2. The lowest BCUT2D eigenvalue weighted by molar-refractivity contribution is -0.116. The van der Waals surface area contributed by atoms with E-state index in [9.17, 15) is 9.90 Å². The van der Waals surface area contributed by atoms with Gasteiger partial charge in [0, 0.05) is 55.4 Å². The Hall–Kier alpha value is -2.03. The van der Waals surface area contributed by atoms with Crippen LogP contribution in [0.15, 0.2) is 35.6 Å². The van der Waals surface area contributed by atoms with Gasteiger partial charge in [-0.25, -0.2) is 4.98 Å². The molecule has 0 radical (unpaired) electrons. The predicted octanol–water partition coefficient (Wildman–Crippen LogP) is 0.797. The Morgan fingerprint density at radius 2 is 2.40 bits per heavy atom. The zero-order valence-corrected chi connectivity index (χ0v) is 14.6. The molecule has 2 aliphatic rings. The highest BCUT2D eigenvalue weighted by atomic mass is 32.2. The van der Waals surface area contributed by atoms with Gasteiger partial charge in [-0.05, 0) is 18.6 Å². The van der Waals surface area contributed by atoms with Crippen LogP contribution in [0.2, 0.25) is 0 Å². The number of nitrogens with one attached hydrogen (secondary N) is 3. The Labute approximate surface area is 149 Å². The third-order valence-corrected chi connectivity index (χ3v) is 5.53. The number of carbonyl (C=O) groups excluding carboxylic acids is 1. The number of anilines is 1. The van der Waals surface area contributed by atoms with E-state index in [1.165, 1.54) is 0 Å². The van der Waals surface area contributed by atoms with Crippen molar-refractivity contribution in [2.45, 2.75) is 18.6 Å². The summed E-state index contributed by atoms with van der Waals surface area (Å²) in [5.41, 5.74) is 1.90. The second-order valence-electron chi connectivity index (χ2n) is 6.31. The normalized spacial score (nSPS) is 23.7. The van der Waals surface area contributed by atoms with E-state index in [-0.39, 0.29) is 18.1 Å². The van der Waals surface area contributed by atoms with E-state index in [1.807, 2.05) is 24.5 Å². The molecule has 4 heterocycles. The second-order valence-corrected chi connectivity index (χ2v) is 7.45. The first-order valence-corrected chi connectivity index (χ1v) is 9.42. The van der Waals surface area contributed by atoms with Crippen molar-refractivity contribution in [3.8, 4) is 0 Å². The first-order valence-electron chi connectivity index (χ1n) is 8.44. The monoisotopic (exact) mass is 359 g/mol. The number of thioether (sulfide) groups is 1. The minimum atomic E-state index is -0.309. The number of pyridine rings is 1. The van der Waals surface area contributed by atoms with Gasteiger partial charge in [-0.1, -0.05) is 0 Å². The molecule has 2 aromatic heterocycles. The van der Waals surface area contributed by atoms with Gasteiger partial charge in [0.15, 0.2) is 0 Å². The molecule has 8 heteroatoms. The molecule has 25 heavy (non-hydrogen) atoms. The number of aliphatic hydroxyl groups excluding tert-OH is 1. The van der Waals surface area contributed by atoms with Crippen molar-refractivity contribution < 1.29 is 9.90 Å². The van der Waals surface area contributed by atoms with E-state index in [0.717, 1.165) is 29.0 Å². The molecular weight excluding hydrogens is 338 g/mol. The molecule has 0 aliphatic carbocycles. The third kappa shape index (κ3) is 3.51. The fourth-order valence-electron chi connectivity index (χ4n) is 3.26. The maximum atomic E-state index is 12.5. The van der Waals surface area contributed by atoms with Crippen LogP contribution in [0, 0.1) is 0 Å². The molecule has 4 N–H and O–H groups in total. The minimum absolute atomic E-state index is 0.0581. The van der Waals surface area contributed by atoms with Crippen molar-refractivity contribution in [2.24, 2.45) is 0 Å². The van der Waals surface area contributed by atoms with Gasteiger partial charge in [0.2, 0.25) is 0 Å². The number of hydrogen-bond donors (Lipinski definition) is 4. The summed E-state index contributed by atoms with van der Waals surface area (Å²) in [6.07, 6.45) is 5.94. The van der Waals surface area contributed by atoms with E-state index >= 15 is 0 Å². The van der Waals surface area contributed by atoms with E-state index < -0.39 is 0 Å². The SMILES string of the molecule is O=C(NC[C@@H]1C[C@@H](O)CN1)C1=CN(c2ccnc3[nH]ccc23)CCS1. The number of amides is 1. The van der Waals surface area contributed by atoms with Crippen molar-refractivity contribution in [3.05, 3.63) is 35.6 Å². The molecule has 0 aromatic carbocycles. The maximum Gasteiger partial charge on any atom is 0.259 e. The number of nitrogens with zero attached hydrogens (tertiary/aromatic N) is 2. The summed E-state index contributed by atoms with van der Waals surface area (Å²) >= 11 is 1.57. The zero-order valence-electron chi connectivity index (χ0n) is 13.7. The Kier molecular flexibility index (Phi) is 4.65. The summed E-state index contributed by atoms with van der Waals surface area (Å²) in [4.78, 5) is 22.7. The molecule has 132 valence electrons. The standard InChI is InChI=1S/C17H21N5O2S/c23-12-7-11(20-9-12)8-21-17(24)15-10-22(5-6-25-15)14-2-4-19-16-13(14)1-3-18-16/h1-4,10-12,20,23H,5-9H2,(H,18,19)(H,21,24)/t11-,12+/m0/s1. The molecule has 2 atom stereocenters. The summed E-state index contributed by atoms with van der Waals surface area (Å²) in [5.74, 6) is 0.797. The van der Waals surface area contributed by atoms with E-state index in [1.54, 1.807) is 18.0 Å².